The molecule has 1 N–H and O–H groups in total. The minimum Gasteiger partial charge on any atom is -0.384 e. The number of aliphatic imine (C=N–C) groups is 1. The van der Waals surface area contributed by atoms with Crippen molar-refractivity contribution in [3.05, 3.63) is 30.5 Å². The van der Waals surface area contributed by atoms with Crippen molar-refractivity contribution < 1.29 is 0 Å². The van der Waals surface area contributed by atoms with E-state index in [4.69, 9.17) is 0 Å². The highest BCUT2D eigenvalue weighted by Crippen LogP contribution is 2.12. The summed E-state index contributed by atoms with van der Waals surface area (Å²) in [5, 5.41) is 3.07. The highest BCUT2D eigenvalue weighted by molar-refractivity contribution is 5.76. The Kier molecular flexibility index (Phi) is 1.82. The van der Waals surface area contributed by atoms with Gasteiger partial charge in [0, 0.05) is 36.9 Å². The van der Waals surface area contributed by atoms with Crippen molar-refractivity contribution in [3.63, 3.8) is 0 Å². The third-order valence-corrected chi connectivity index (χ3v) is 1.53. The minimum atomic E-state index is 0.789. The fourth-order valence-corrected chi connectivity index (χ4v) is 0.979. The molecule has 0 amide bonds. The lowest BCUT2D eigenvalue weighted by molar-refractivity contribution is 1.01. The zero-order valence-electron chi connectivity index (χ0n) is 6.44. The van der Waals surface area contributed by atoms with Crippen LogP contribution in [0.1, 0.15) is 5.56 Å². The molecule has 0 unspecified atom stereocenters. The number of hydrogen-bond donors (Lipinski definition) is 1. The molecule has 0 bridgehead atoms. The lowest BCUT2D eigenvalue weighted by Gasteiger charge is -2.06. The number of rotatable bonds is 1. The summed E-state index contributed by atoms with van der Waals surface area (Å²) in [5.41, 5.74) is 1.81. The first-order valence-electron chi connectivity index (χ1n) is 3.68. The Morgan fingerprint density at radius 2 is 2.08 bits per heavy atom. The van der Waals surface area contributed by atoms with Crippen LogP contribution in [0.2, 0.25) is 0 Å². The summed E-state index contributed by atoms with van der Waals surface area (Å²) in [6.45, 7) is 0.789. The van der Waals surface area contributed by atoms with Gasteiger partial charge in [0.2, 0.25) is 0 Å². The van der Waals surface area contributed by atoms with Crippen molar-refractivity contribution in [2.75, 3.05) is 6.54 Å². The van der Waals surface area contributed by atoms with Crippen LogP contribution in [0.25, 0.3) is 5.70 Å². The maximum atomic E-state index is 4.19. The van der Waals surface area contributed by atoms with E-state index in [2.05, 4.69) is 20.3 Å². The van der Waals surface area contributed by atoms with E-state index in [1.807, 2.05) is 12.4 Å². The molecule has 1 aromatic rings. The first-order valence-corrected chi connectivity index (χ1v) is 3.68. The van der Waals surface area contributed by atoms with E-state index < -0.39 is 0 Å². The molecule has 1 aliphatic heterocycles. The molecular formula is C8H8N4. The molecular weight excluding hydrogens is 152 g/mol. The highest BCUT2D eigenvalue weighted by atomic mass is 14.9. The van der Waals surface area contributed by atoms with Crippen LogP contribution in [0.3, 0.4) is 0 Å². The van der Waals surface area contributed by atoms with Crippen LogP contribution in [-0.2, 0) is 0 Å². The zero-order valence-corrected chi connectivity index (χ0v) is 6.44. The smallest absolute Gasteiger partial charge is 0.115 e. The van der Waals surface area contributed by atoms with Crippen molar-refractivity contribution >= 4 is 11.9 Å². The van der Waals surface area contributed by atoms with Crippen LogP contribution in [0, 0.1) is 0 Å². The second-order valence-electron chi connectivity index (χ2n) is 2.38. The van der Waals surface area contributed by atoms with Gasteiger partial charge in [0.15, 0.2) is 0 Å². The Labute approximate surface area is 70.1 Å². The first kappa shape index (κ1) is 6.97. The van der Waals surface area contributed by atoms with E-state index in [1.54, 1.807) is 12.4 Å². The van der Waals surface area contributed by atoms with Gasteiger partial charge in [-0.3, -0.25) is 4.99 Å². The maximum Gasteiger partial charge on any atom is 0.115 e. The summed E-state index contributed by atoms with van der Waals surface area (Å²) in [6, 6.07) is 0. The number of aromatic nitrogens is 2. The molecule has 1 aromatic heterocycles. The predicted molar refractivity (Wildman–Crippen MR) is 46.5 cm³/mol. The average molecular weight is 160 g/mol. The van der Waals surface area contributed by atoms with Gasteiger partial charge in [0.25, 0.3) is 0 Å². The molecule has 60 valence electrons. The standard InChI is InChI=1S/C8H8N4/c1-2-12-8(5-9-1)7-3-10-6-11-4-7/h2-6,9H,1H2. The maximum absolute atomic E-state index is 4.19. The summed E-state index contributed by atoms with van der Waals surface area (Å²) in [5.74, 6) is 0. The molecule has 0 aromatic carbocycles. The average Bonchev–Trinajstić information content (AvgIpc) is 2.21. The fraction of sp³-hybridized carbons (Fsp3) is 0.125. The third-order valence-electron chi connectivity index (χ3n) is 1.53. The predicted octanol–water partition coefficient (Wildman–Crippen LogP) is 0.449. The van der Waals surface area contributed by atoms with Gasteiger partial charge in [-0.05, 0) is 0 Å². The number of nitrogens with zero attached hydrogens (tertiary/aromatic N) is 3. The molecule has 0 radical (unpaired) electrons. The Hall–Kier alpha value is -1.71. The molecule has 2 rings (SSSR count). The lowest BCUT2D eigenvalue weighted by atomic mass is 10.2. The van der Waals surface area contributed by atoms with Gasteiger partial charge in [0.05, 0.1) is 5.70 Å². The summed E-state index contributed by atoms with van der Waals surface area (Å²) >= 11 is 0. The second-order valence-corrected chi connectivity index (χ2v) is 2.38. The Balaban J connectivity index is 2.31. The van der Waals surface area contributed by atoms with E-state index in [0.29, 0.717) is 0 Å². The molecule has 2 heterocycles. The molecule has 0 saturated carbocycles. The zero-order chi connectivity index (χ0) is 8.23. The van der Waals surface area contributed by atoms with Crippen LogP contribution < -0.4 is 5.32 Å². The lowest BCUT2D eigenvalue weighted by Crippen LogP contribution is -2.12. The second kappa shape index (κ2) is 3.13. The summed E-state index contributed by atoms with van der Waals surface area (Å²) in [4.78, 5) is 12.0. The van der Waals surface area contributed by atoms with Crippen molar-refractivity contribution in [1.29, 1.82) is 0 Å². The van der Waals surface area contributed by atoms with Crippen molar-refractivity contribution in [3.8, 4) is 0 Å². The van der Waals surface area contributed by atoms with E-state index in [0.717, 1.165) is 17.8 Å². The van der Waals surface area contributed by atoms with Crippen LogP contribution in [0.5, 0.6) is 0 Å². The van der Waals surface area contributed by atoms with E-state index in [-0.39, 0.29) is 0 Å². The van der Waals surface area contributed by atoms with Gasteiger partial charge in [-0.25, -0.2) is 9.97 Å². The minimum absolute atomic E-state index is 0.789. The SMILES string of the molecule is C1=NC(c2cncnc2)=CNC1. The first-order chi connectivity index (χ1) is 5.97. The summed E-state index contributed by atoms with van der Waals surface area (Å²) in [7, 11) is 0. The molecule has 0 spiro atoms. The molecule has 0 aliphatic carbocycles. The molecule has 4 heteroatoms. The van der Waals surface area contributed by atoms with Gasteiger partial charge in [-0.2, -0.15) is 0 Å². The highest BCUT2D eigenvalue weighted by Gasteiger charge is 2.00. The van der Waals surface area contributed by atoms with E-state index >= 15 is 0 Å². The van der Waals surface area contributed by atoms with Crippen LogP contribution in [-0.4, -0.2) is 22.7 Å². The molecule has 4 nitrogen and oxygen atoms in total. The quantitative estimate of drug-likeness (QED) is 0.648. The van der Waals surface area contributed by atoms with Gasteiger partial charge in [-0.1, -0.05) is 0 Å². The molecule has 0 saturated heterocycles. The van der Waals surface area contributed by atoms with Crippen LogP contribution in [0.4, 0.5) is 0 Å². The topological polar surface area (TPSA) is 50.2 Å². The Morgan fingerprint density at radius 1 is 1.25 bits per heavy atom. The van der Waals surface area contributed by atoms with E-state index in [9.17, 15) is 0 Å². The normalized spacial score (nSPS) is 15.2. The van der Waals surface area contributed by atoms with Gasteiger partial charge >= 0.3 is 0 Å². The van der Waals surface area contributed by atoms with Crippen molar-refractivity contribution in [2.45, 2.75) is 0 Å². The van der Waals surface area contributed by atoms with Crippen molar-refractivity contribution in [1.82, 2.24) is 15.3 Å². The fourth-order valence-electron chi connectivity index (χ4n) is 0.979. The summed E-state index contributed by atoms with van der Waals surface area (Å²) in [6.07, 6.45) is 8.66. The van der Waals surface area contributed by atoms with Gasteiger partial charge in [0.1, 0.15) is 6.33 Å². The Bertz CT molecular complexity index is 315. The molecule has 0 atom stereocenters. The largest absolute Gasteiger partial charge is 0.384 e. The molecule has 0 fully saturated rings. The van der Waals surface area contributed by atoms with E-state index in [1.165, 1.54) is 6.33 Å². The number of nitrogens with one attached hydrogen (secondary N) is 1. The third kappa shape index (κ3) is 1.32. The molecule has 1 aliphatic rings. The monoisotopic (exact) mass is 160 g/mol. The van der Waals surface area contributed by atoms with Gasteiger partial charge < -0.3 is 5.32 Å². The van der Waals surface area contributed by atoms with Gasteiger partial charge in [-0.15, -0.1) is 0 Å². The van der Waals surface area contributed by atoms with Crippen molar-refractivity contribution in [2.24, 2.45) is 4.99 Å². The van der Waals surface area contributed by atoms with Crippen LogP contribution >= 0.6 is 0 Å². The van der Waals surface area contributed by atoms with Crippen LogP contribution in [0.15, 0.2) is 29.9 Å². The number of hydrogen-bond acceptors (Lipinski definition) is 4. The molecule has 12 heavy (non-hydrogen) atoms. The Morgan fingerprint density at radius 3 is 2.75 bits per heavy atom. The summed E-state index contributed by atoms with van der Waals surface area (Å²) < 4.78 is 0.